The van der Waals surface area contributed by atoms with E-state index in [2.05, 4.69) is 30.5 Å². The summed E-state index contributed by atoms with van der Waals surface area (Å²) in [4.78, 5) is 7.20. The molecule has 1 aliphatic rings. The third-order valence-corrected chi connectivity index (χ3v) is 6.21. The molecule has 0 aliphatic heterocycles. The maximum Gasteiger partial charge on any atom is 0.122 e. The van der Waals surface area contributed by atoms with E-state index in [1.807, 2.05) is 18.7 Å². The fourth-order valence-corrected chi connectivity index (χ4v) is 4.42. The molecule has 3 atom stereocenters. The van der Waals surface area contributed by atoms with Crippen molar-refractivity contribution in [2.75, 3.05) is 19.9 Å². The summed E-state index contributed by atoms with van der Waals surface area (Å²) < 4.78 is 5.61. The monoisotopic (exact) mass is 314 g/mol. The summed E-state index contributed by atoms with van der Waals surface area (Å²) in [5, 5.41) is 4.14. The van der Waals surface area contributed by atoms with Crippen LogP contribution in [0, 0.1) is 0 Å². The molecule has 1 saturated carbocycles. The zero-order valence-corrected chi connectivity index (χ0v) is 14.6. The predicted molar refractivity (Wildman–Crippen MR) is 88.6 cm³/mol. The predicted octanol–water partition coefficient (Wildman–Crippen LogP) is 3.96. The average molecular weight is 315 g/mol. The fourth-order valence-electron chi connectivity index (χ4n) is 2.82. The first-order valence-corrected chi connectivity index (χ1v) is 9.59. The Morgan fingerprint density at radius 3 is 3.00 bits per heavy atom. The second kappa shape index (κ2) is 7.78. The molecule has 3 nitrogen and oxygen atoms in total. The van der Waals surface area contributed by atoms with Gasteiger partial charge in [0.2, 0.25) is 0 Å². The van der Waals surface area contributed by atoms with E-state index in [9.17, 15) is 0 Å². The van der Waals surface area contributed by atoms with Crippen LogP contribution in [0.1, 0.15) is 49.9 Å². The molecule has 5 heteroatoms. The Kier molecular flexibility index (Phi) is 6.33. The standard InChI is InChI=1S/C15H26N2OS2/c1-5-18-11(2)15-16-12(10-20-15)9-17(3)13-6-7-14(8-13)19-4/h10-11,13-14H,5-9H2,1-4H3/t11-,13-,14-/m1/s1. The number of thiazole rings is 1. The lowest BCUT2D eigenvalue weighted by Gasteiger charge is -2.23. The second-order valence-electron chi connectivity index (χ2n) is 5.51. The van der Waals surface area contributed by atoms with Crippen molar-refractivity contribution in [1.82, 2.24) is 9.88 Å². The van der Waals surface area contributed by atoms with Gasteiger partial charge in [-0.05, 0) is 46.4 Å². The van der Waals surface area contributed by atoms with Crippen LogP contribution in [0.3, 0.4) is 0 Å². The Morgan fingerprint density at radius 1 is 1.55 bits per heavy atom. The van der Waals surface area contributed by atoms with Gasteiger partial charge in [0.1, 0.15) is 11.1 Å². The molecule has 1 heterocycles. The zero-order valence-electron chi connectivity index (χ0n) is 13.0. The van der Waals surface area contributed by atoms with Gasteiger partial charge in [-0.2, -0.15) is 11.8 Å². The number of rotatable bonds is 7. The molecule has 1 aromatic heterocycles. The van der Waals surface area contributed by atoms with Crippen molar-refractivity contribution in [3.63, 3.8) is 0 Å². The van der Waals surface area contributed by atoms with E-state index < -0.39 is 0 Å². The van der Waals surface area contributed by atoms with E-state index in [1.54, 1.807) is 11.3 Å². The maximum atomic E-state index is 5.61. The molecule has 0 aromatic carbocycles. The summed E-state index contributed by atoms with van der Waals surface area (Å²) >= 11 is 3.74. The molecule has 1 aliphatic carbocycles. The maximum absolute atomic E-state index is 5.61. The van der Waals surface area contributed by atoms with Crippen LogP contribution >= 0.6 is 23.1 Å². The summed E-state index contributed by atoms with van der Waals surface area (Å²) in [5.74, 6) is 0. The van der Waals surface area contributed by atoms with Crippen LogP contribution in [0.2, 0.25) is 0 Å². The van der Waals surface area contributed by atoms with E-state index in [1.165, 1.54) is 25.0 Å². The second-order valence-corrected chi connectivity index (χ2v) is 7.54. The molecule has 1 fully saturated rings. The normalized spacial score (nSPS) is 24.4. The Balaban J connectivity index is 1.87. The largest absolute Gasteiger partial charge is 0.372 e. The van der Waals surface area contributed by atoms with Gasteiger partial charge in [-0.1, -0.05) is 0 Å². The van der Waals surface area contributed by atoms with Crippen molar-refractivity contribution in [2.24, 2.45) is 0 Å². The number of thioether (sulfide) groups is 1. The molecule has 0 radical (unpaired) electrons. The van der Waals surface area contributed by atoms with Crippen molar-refractivity contribution in [2.45, 2.75) is 57.1 Å². The lowest BCUT2D eigenvalue weighted by atomic mass is 10.2. The summed E-state index contributed by atoms with van der Waals surface area (Å²) in [6.07, 6.45) is 6.36. The molecule has 0 spiro atoms. The number of nitrogens with zero attached hydrogens (tertiary/aromatic N) is 2. The molecule has 0 N–H and O–H groups in total. The lowest BCUT2D eigenvalue weighted by Crippen LogP contribution is -2.29. The highest BCUT2D eigenvalue weighted by Gasteiger charge is 2.27. The third kappa shape index (κ3) is 4.20. The van der Waals surface area contributed by atoms with Gasteiger partial charge in [-0.15, -0.1) is 11.3 Å². The minimum atomic E-state index is 0.122. The summed E-state index contributed by atoms with van der Waals surface area (Å²) in [7, 11) is 2.23. The Bertz CT molecular complexity index is 410. The number of ether oxygens (including phenoxy) is 1. The van der Waals surface area contributed by atoms with Gasteiger partial charge in [0.15, 0.2) is 0 Å². The van der Waals surface area contributed by atoms with Crippen LogP contribution in [0.4, 0.5) is 0 Å². The highest BCUT2D eigenvalue weighted by Crippen LogP contribution is 2.31. The molecular weight excluding hydrogens is 288 g/mol. The minimum absolute atomic E-state index is 0.122. The van der Waals surface area contributed by atoms with Crippen LogP contribution < -0.4 is 0 Å². The van der Waals surface area contributed by atoms with E-state index in [0.717, 1.165) is 29.5 Å². The Hall–Kier alpha value is -0.100. The van der Waals surface area contributed by atoms with Gasteiger partial charge >= 0.3 is 0 Å². The van der Waals surface area contributed by atoms with Crippen molar-refractivity contribution in [3.05, 3.63) is 16.1 Å². The average Bonchev–Trinajstić information content (AvgIpc) is 3.07. The van der Waals surface area contributed by atoms with Crippen LogP contribution in [-0.2, 0) is 11.3 Å². The molecular formula is C15H26N2OS2. The van der Waals surface area contributed by atoms with E-state index >= 15 is 0 Å². The molecule has 2 rings (SSSR count). The van der Waals surface area contributed by atoms with Crippen molar-refractivity contribution in [1.29, 1.82) is 0 Å². The molecule has 1 aromatic rings. The first-order valence-electron chi connectivity index (χ1n) is 7.43. The van der Waals surface area contributed by atoms with Gasteiger partial charge in [-0.25, -0.2) is 4.98 Å². The van der Waals surface area contributed by atoms with Gasteiger partial charge in [0.25, 0.3) is 0 Å². The van der Waals surface area contributed by atoms with Gasteiger partial charge < -0.3 is 4.74 Å². The minimum Gasteiger partial charge on any atom is -0.372 e. The topological polar surface area (TPSA) is 25.4 Å². The van der Waals surface area contributed by atoms with Crippen molar-refractivity contribution < 1.29 is 4.74 Å². The molecule has 20 heavy (non-hydrogen) atoms. The van der Waals surface area contributed by atoms with Crippen molar-refractivity contribution >= 4 is 23.1 Å². The van der Waals surface area contributed by atoms with Crippen LogP contribution in [-0.4, -0.2) is 41.1 Å². The summed E-state index contributed by atoms with van der Waals surface area (Å²) in [6, 6.07) is 0.724. The van der Waals surface area contributed by atoms with Crippen LogP contribution in [0.25, 0.3) is 0 Å². The lowest BCUT2D eigenvalue weighted by molar-refractivity contribution is 0.0760. The molecule has 0 saturated heterocycles. The van der Waals surface area contributed by atoms with E-state index in [-0.39, 0.29) is 6.10 Å². The SMILES string of the molecule is CCO[C@H](C)c1nc(CN(C)[C@@H]2CC[C@@H](SC)C2)cs1. The summed E-state index contributed by atoms with van der Waals surface area (Å²) in [5.41, 5.74) is 1.19. The quantitative estimate of drug-likeness (QED) is 0.761. The molecule has 0 unspecified atom stereocenters. The van der Waals surface area contributed by atoms with Crippen molar-refractivity contribution in [3.8, 4) is 0 Å². The summed E-state index contributed by atoms with van der Waals surface area (Å²) in [6.45, 7) is 5.81. The molecule has 114 valence electrons. The number of hydrogen-bond acceptors (Lipinski definition) is 5. The van der Waals surface area contributed by atoms with E-state index in [4.69, 9.17) is 9.72 Å². The first kappa shape index (κ1) is 16.3. The Morgan fingerprint density at radius 2 is 2.35 bits per heavy atom. The van der Waals surface area contributed by atoms with Crippen LogP contribution in [0.5, 0.6) is 0 Å². The first-order chi connectivity index (χ1) is 9.63. The third-order valence-electron chi connectivity index (χ3n) is 4.06. The number of aromatic nitrogens is 1. The highest BCUT2D eigenvalue weighted by atomic mass is 32.2. The highest BCUT2D eigenvalue weighted by molar-refractivity contribution is 7.99. The van der Waals surface area contributed by atoms with Gasteiger partial charge in [-0.3, -0.25) is 4.90 Å². The fraction of sp³-hybridized carbons (Fsp3) is 0.800. The van der Waals surface area contributed by atoms with Gasteiger partial charge in [0.05, 0.1) is 5.69 Å². The van der Waals surface area contributed by atoms with Crippen LogP contribution in [0.15, 0.2) is 5.38 Å². The number of hydrogen-bond donors (Lipinski definition) is 0. The van der Waals surface area contributed by atoms with E-state index in [0.29, 0.717) is 0 Å². The van der Waals surface area contributed by atoms with Gasteiger partial charge in [0, 0.05) is 29.8 Å². The molecule has 0 bridgehead atoms. The Labute approximate surface area is 131 Å². The smallest absolute Gasteiger partial charge is 0.122 e. The zero-order chi connectivity index (χ0) is 14.5. The molecule has 0 amide bonds.